The summed E-state index contributed by atoms with van der Waals surface area (Å²) in [5.74, 6) is 0. The number of anilines is 1. The normalized spacial score (nSPS) is 12.3. The second-order valence-electron chi connectivity index (χ2n) is 4.46. The van der Waals surface area contributed by atoms with Crippen molar-refractivity contribution in [1.29, 1.82) is 0 Å². The van der Waals surface area contributed by atoms with Gasteiger partial charge in [-0.15, -0.1) is 0 Å². The fraction of sp³-hybridized carbons (Fsp3) is 0.429. The zero-order valence-electron chi connectivity index (χ0n) is 11.4. The predicted molar refractivity (Wildman–Crippen MR) is 79.6 cm³/mol. The van der Waals surface area contributed by atoms with Crippen LogP contribution < -0.4 is 5.32 Å². The molecular weight excluding hydrogens is 256 g/mol. The van der Waals surface area contributed by atoms with E-state index in [0.29, 0.717) is 6.04 Å². The minimum absolute atomic E-state index is 0.567. The van der Waals surface area contributed by atoms with Crippen LogP contribution >= 0.6 is 11.8 Å². The first-order chi connectivity index (χ1) is 9.31. The Hall–Kier alpha value is -1.49. The Kier molecular flexibility index (Phi) is 5.27. The van der Waals surface area contributed by atoms with Gasteiger partial charge in [0.25, 0.3) is 0 Å². The number of benzene rings is 1. The highest BCUT2D eigenvalue weighted by Gasteiger charge is 2.05. The van der Waals surface area contributed by atoms with Crippen LogP contribution in [0.1, 0.15) is 33.1 Å². The van der Waals surface area contributed by atoms with Crippen molar-refractivity contribution < 1.29 is 0 Å². The highest BCUT2D eigenvalue weighted by atomic mass is 32.2. The summed E-state index contributed by atoms with van der Waals surface area (Å²) in [5.41, 5.74) is 1.18. The molecule has 4 nitrogen and oxygen atoms in total. The number of H-pyrrole nitrogens is 1. The Bertz CT molecular complexity index is 467. The minimum Gasteiger partial charge on any atom is -0.382 e. The molecule has 0 aliphatic heterocycles. The van der Waals surface area contributed by atoms with Crippen molar-refractivity contribution >= 4 is 17.4 Å². The Morgan fingerprint density at radius 2 is 2.05 bits per heavy atom. The molecule has 102 valence electrons. The predicted octanol–water partition coefficient (Wildman–Crippen LogP) is 3.95. The van der Waals surface area contributed by atoms with E-state index in [-0.39, 0.29) is 0 Å². The molecule has 1 heterocycles. The summed E-state index contributed by atoms with van der Waals surface area (Å²) in [4.78, 5) is 5.26. The molecule has 5 heteroatoms. The second-order valence-corrected chi connectivity index (χ2v) is 5.52. The van der Waals surface area contributed by atoms with Crippen molar-refractivity contribution in [2.45, 2.75) is 49.2 Å². The fourth-order valence-corrected chi connectivity index (χ4v) is 2.63. The van der Waals surface area contributed by atoms with Crippen LogP contribution in [0.5, 0.6) is 0 Å². The quantitative estimate of drug-likeness (QED) is 0.804. The lowest BCUT2D eigenvalue weighted by Gasteiger charge is -2.17. The number of aromatic nitrogens is 3. The molecule has 0 bridgehead atoms. The lowest BCUT2D eigenvalue weighted by atomic mass is 10.1. The summed E-state index contributed by atoms with van der Waals surface area (Å²) in [7, 11) is 0. The Balaban J connectivity index is 1.94. The maximum absolute atomic E-state index is 4.10. The van der Waals surface area contributed by atoms with Crippen molar-refractivity contribution in [3.63, 3.8) is 0 Å². The molecule has 0 saturated heterocycles. The van der Waals surface area contributed by atoms with Gasteiger partial charge in [0.15, 0.2) is 5.16 Å². The molecule has 0 aliphatic rings. The molecule has 1 atom stereocenters. The molecule has 1 aromatic carbocycles. The van der Waals surface area contributed by atoms with Gasteiger partial charge in [0.1, 0.15) is 6.33 Å². The van der Waals surface area contributed by atoms with Crippen LogP contribution in [0.3, 0.4) is 0 Å². The third kappa shape index (κ3) is 4.28. The molecule has 0 amide bonds. The van der Waals surface area contributed by atoms with Crippen LogP contribution in [-0.4, -0.2) is 21.2 Å². The van der Waals surface area contributed by atoms with E-state index < -0.39 is 0 Å². The molecule has 0 aliphatic carbocycles. The Labute approximate surface area is 118 Å². The first-order valence-corrected chi connectivity index (χ1v) is 7.53. The van der Waals surface area contributed by atoms with E-state index in [1.54, 1.807) is 11.8 Å². The van der Waals surface area contributed by atoms with Gasteiger partial charge in [-0.2, -0.15) is 5.10 Å². The number of hydrogen-bond acceptors (Lipinski definition) is 4. The Morgan fingerprint density at radius 3 is 2.63 bits per heavy atom. The third-order valence-electron chi connectivity index (χ3n) is 2.96. The molecule has 19 heavy (non-hydrogen) atoms. The molecule has 2 N–H and O–H groups in total. The SMILES string of the molecule is CCCC(CC)Nc1ccc(Sc2ncn[nH]2)cc1. The van der Waals surface area contributed by atoms with Crippen molar-refractivity contribution in [3.8, 4) is 0 Å². The van der Waals surface area contributed by atoms with Gasteiger partial charge in [-0.25, -0.2) is 4.98 Å². The molecule has 0 saturated carbocycles. The summed E-state index contributed by atoms with van der Waals surface area (Å²) in [5, 5.41) is 11.1. The van der Waals surface area contributed by atoms with Crippen molar-refractivity contribution in [1.82, 2.24) is 15.2 Å². The van der Waals surface area contributed by atoms with Crippen molar-refractivity contribution in [3.05, 3.63) is 30.6 Å². The maximum Gasteiger partial charge on any atom is 0.188 e. The van der Waals surface area contributed by atoms with E-state index in [1.807, 2.05) is 0 Å². The van der Waals surface area contributed by atoms with Gasteiger partial charge >= 0.3 is 0 Å². The van der Waals surface area contributed by atoms with Crippen LogP contribution in [-0.2, 0) is 0 Å². The van der Waals surface area contributed by atoms with Crippen molar-refractivity contribution in [2.75, 3.05) is 5.32 Å². The van der Waals surface area contributed by atoms with Crippen LogP contribution in [0.2, 0.25) is 0 Å². The van der Waals surface area contributed by atoms with E-state index in [0.717, 1.165) is 16.5 Å². The lowest BCUT2D eigenvalue weighted by Crippen LogP contribution is -2.17. The molecule has 0 spiro atoms. The summed E-state index contributed by atoms with van der Waals surface area (Å²) in [6.45, 7) is 4.45. The number of nitrogens with zero attached hydrogens (tertiary/aromatic N) is 2. The largest absolute Gasteiger partial charge is 0.382 e. The van der Waals surface area contributed by atoms with E-state index in [9.17, 15) is 0 Å². The van der Waals surface area contributed by atoms with E-state index in [2.05, 4.69) is 58.6 Å². The smallest absolute Gasteiger partial charge is 0.188 e. The van der Waals surface area contributed by atoms with Gasteiger partial charge in [-0.3, -0.25) is 5.10 Å². The summed E-state index contributed by atoms with van der Waals surface area (Å²) < 4.78 is 0. The monoisotopic (exact) mass is 276 g/mol. The Morgan fingerprint density at radius 1 is 1.26 bits per heavy atom. The van der Waals surface area contributed by atoms with Crippen LogP contribution in [0.4, 0.5) is 5.69 Å². The number of hydrogen-bond donors (Lipinski definition) is 2. The highest BCUT2D eigenvalue weighted by molar-refractivity contribution is 7.99. The number of nitrogens with one attached hydrogen (secondary N) is 2. The molecule has 1 unspecified atom stereocenters. The lowest BCUT2D eigenvalue weighted by molar-refractivity contribution is 0.623. The van der Waals surface area contributed by atoms with E-state index in [4.69, 9.17) is 0 Å². The van der Waals surface area contributed by atoms with Crippen molar-refractivity contribution in [2.24, 2.45) is 0 Å². The van der Waals surface area contributed by atoms with Gasteiger partial charge < -0.3 is 5.32 Å². The topological polar surface area (TPSA) is 53.6 Å². The zero-order valence-corrected chi connectivity index (χ0v) is 12.2. The molecule has 0 radical (unpaired) electrons. The van der Waals surface area contributed by atoms with Gasteiger partial charge in [-0.05, 0) is 37.1 Å². The number of rotatable bonds is 7. The van der Waals surface area contributed by atoms with Gasteiger partial charge in [0.05, 0.1) is 0 Å². The average molecular weight is 276 g/mol. The molecule has 2 aromatic rings. The maximum atomic E-state index is 4.10. The van der Waals surface area contributed by atoms with Gasteiger partial charge in [0, 0.05) is 16.6 Å². The number of aromatic amines is 1. The fourth-order valence-electron chi connectivity index (χ4n) is 1.94. The summed E-state index contributed by atoms with van der Waals surface area (Å²) in [6.07, 6.45) is 5.10. The molecule has 2 rings (SSSR count). The first kappa shape index (κ1) is 13.9. The molecular formula is C14H20N4S. The van der Waals surface area contributed by atoms with Crippen LogP contribution in [0.15, 0.2) is 40.6 Å². The minimum atomic E-state index is 0.567. The highest BCUT2D eigenvalue weighted by Crippen LogP contribution is 2.25. The molecule has 0 fully saturated rings. The van der Waals surface area contributed by atoms with Crippen LogP contribution in [0, 0.1) is 0 Å². The van der Waals surface area contributed by atoms with E-state index >= 15 is 0 Å². The standard InChI is InChI=1S/C14H20N4S/c1-3-5-11(4-2)17-12-6-8-13(9-7-12)19-14-15-10-16-18-14/h6-11,17H,3-5H2,1-2H3,(H,15,16,18). The molecule has 1 aromatic heterocycles. The third-order valence-corrected chi connectivity index (χ3v) is 3.86. The first-order valence-electron chi connectivity index (χ1n) is 6.71. The summed E-state index contributed by atoms with van der Waals surface area (Å²) in [6, 6.07) is 9.02. The average Bonchev–Trinajstić information content (AvgIpc) is 2.93. The second kappa shape index (κ2) is 7.19. The van der Waals surface area contributed by atoms with Crippen LogP contribution in [0.25, 0.3) is 0 Å². The van der Waals surface area contributed by atoms with Gasteiger partial charge in [-0.1, -0.05) is 32.0 Å². The van der Waals surface area contributed by atoms with E-state index in [1.165, 1.54) is 24.9 Å². The van der Waals surface area contributed by atoms with Gasteiger partial charge in [0.2, 0.25) is 0 Å². The summed E-state index contributed by atoms with van der Waals surface area (Å²) >= 11 is 1.58. The zero-order chi connectivity index (χ0) is 13.5.